The van der Waals surface area contributed by atoms with E-state index >= 15 is 0 Å². The summed E-state index contributed by atoms with van der Waals surface area (Å²) in [7, 11) is 0. The van der Waals surface area contributed by atoms with Gasteiger partial charge < -0.3 is 9.47 Å². The second kappa shape index (κ2) is 12.9. The first kappa shape index (κ1) is 29.9. The number of aryl methyl sites for hydroxylation is 1. The Kier molecular flexibility index (Phi) is 8.56. The highest BCUT2D eigenvalue weighted by atomic mass is 35.5. The van der Waals surface area contributed by atoms with Crippen LogP contribution in [-0.4, -0.2) is 17.8 Å². The molecule has 5 aromatic rings. The molecule has 0 spiro atoms. The monoisotopic (exact) mass is 636 g/mol. The lowest BCUT2D eigenvalue weighted by molar-refractivity contribution is -0.122. The van der Waals surface area contributed by atoms with Crippen molar-refractivity contribution in [2.24, 2.45) is 0 Å². The van der Waals surface area contributed by atoms with E-state index in [1.165, 1.54) is 6.08 Å². The summed E-state index contributed by atoms with van der Waals surface area (Å²) in [5.41, 5.74) is 3.54. The number of imide groups is 2. The van der Waals surface area contributed by atoms with Gasteiger partial charge in [-0.2, -0.15) is 0 Å². The number of carbonyl (C=O) groups excluding carboxylic acids is 3. The molecule has 1 aliphatic heterocycles. The summed E-state index contributed by atoms with van der Waals surface area (Å²) in [6.07, 6.45) is 1.46. The van der Waals surface area contributed by atoms with E-state index in [2.05, 4.69) is 5.32 Å². The molecule has 9 heteroatoms. The molecular formula is C36H26Cl2N2O5. The zero-order chi connectivity index (χ0) is 31.5. The Morgan fingerprint density at radius 3 is 2.22 bits per heavy atom. The molecule has 7 nitrogen and oxygen atoms in total. The quantitative estimate of drug-likeness (QED) is 0.137. The van der Waals surface area contributed by atoms with E-state index in [1.807, 2.05) is 61.5 Å². The van der Waals surface area contributed by atoms with Gasteiger partial charge in [0.15, 0.2) is 0 Å². The van der Waals surface area contributed by atoms with Crippen LogP contribution in [0.1, 0.15) is 22.3 Å². The molecule has 45 heavy (non-hydrogen) atoms. The normalized spacial score (nSPS) is 14.2. The Hall–Kier alpha value is -5.11. The molecular weight excluding hydrogens is 611 g/mol. The number of nitrogens with zero attached hydrogens (tertiary/aromatic N) is 1. The summed E-state index contributed by atoms with van der Waals surface area (Å²) in [5, 5.41) is 4.76. The van der Waals surface area contributed by atoms with Gasteiger partial charge in [0.05, 0.1) is 15.7 Å². The third kappa shape index (κ3) is 6.55. The number of hydrogen-bond acceptors (Lipinski definition) is 5. The highest BCUT2D eigenvalue weighted by molar-refractivity contribution is 6.42. The van der Waals surface area contributed by atoms with Crippen LogP contribution < -0.4 is 19.7 Å². The van der Waals surface area contributed by atoms with E-state index in [-0.39, 0.29) is 17.9 Å². The minimum absolute atomic E-state index is 0.161. The average Bonchev–Trinajstić information content (AvgIpc) is 3.04. The van der Waals surface area contributed by atoms with Gasteiger partial charge in [0.25, 0.3) is 11.8 Å². The summed E-state index contributed by atoms with van der Waals surface area (Å²) < 4.78 is 12.0. The number of rotatable bonds is 8. The fraction of sp³-hybridized carbons (Fsp3) is 0.0833. The van der Waals surface area contributed by atoms with Crippen LogP contribution in [0.2, 0.25) is 10.0 Å². The number of fused-ring (bicyclic) bond motifs is 1. The number of carbonyl (C=O) groups is 3. The van der Waals surface area contributed by atoms with Crippen molar-refractivity contribution >= 4 is 63.6 Å². The van der Waals surface area contributed by atoms with Gasteiger partial charge in [-0.15, -0.1) is 0 Å². The number of amides is 4. The first-order chi connectivity index (χ1) is 21.8. The minimum Gasteiger partial charge on any atom is -0.489 e. The Morgan fingerprint density at radius 1 is 0.756 bits per heavy atom. The smallest absolute Gasteiger partial charge is 0.335 e. The molecule has 0 unspecified atom stereocenters. The van der Waals surface area contributed by atoms with Gasteiger partial charge in [-0.1, -0.05) is 89.4 Å². The number of halogens is 2. The van der Waals surface area contributed by atoms with Crippen molar-refractivity contribution in [2.75, 3.05) is 4.90 Å². The Bertz CT molecular complexity index is 1970. The fourth-order valence-corrected chi connectivity index (χ4v) is 5.24. The first-order valence-corrected chi connectivity index (χ1v) is 14.8. The number of benzene rings is 5. The average molecular weight is 638 g/mol. The minimum atomic E-state index is -0.843. The fourth-order valence-electron chi connectivity index (χ4n) is 4.92. The van der Waals surface area contributed by atoms with Crippen molar-refractivity contribution < 1.29 is 23.9 Å². The largest absolute Gasteiger partial charge is 0.489 e. The van der Waals surface area contributed by atoms with E-state index in [1.54, 1.807) is 48.5 Å². The molecule has 5 aromatic carbocycles. The number of urea groups is 1. The number of anilines is 1. The molecule has 0 atom stereocenters. The third-order valence-corrected chi connectivity index (χ3v) is 8.06. The Labute approximate surface area is 269 Å². The van der Waals surface area contributed by atoms with E-state index in [0.717, 1.165) is 32.4 Å². The lowest BCUT2D eigenvalue weighted by Gasteiger charge is -2.26. The van der Waals surface area contributed by atoms with E-state index in [4.69, 9.17) is 32.7 Å². The SMILES string of the molecule is Cc1ccc(COc2ccc(N3C(=O)NC(=O)/C(=C\c4c(OCc5ccc(Cl)c(Cl)c5)ccc5ccccc45)C3=O)cc2)cc1. The van der Waals surface area contributed by atoms with Gasteiger partial charge in [0.2, 0.25) is 0 Å². The van der Waals surface area contributed by atoms with Crippen LogP contribution in [0, 0.1) is 6.92 Å². The molecule has 0 saturated carbocycles. The van der Waals surface area contributed by atoms with Gasteiger partial charge in [0, 0.05) is 5.56 Å². The maximum Gasteiger partial charge on any atom is 0.335 e. The zero-order valence-electron chi connectivity index (χ0n) is 24.1. The van der Waals surface area contributed by atoms with E-state index in [0.29, 0.717) is 33.7 Å². The van der Waals surface area contributed by atoms with Crippen LogP contribution in [0.3, 0.4) is 0 Å². The van der Waals surface area contributed by atoms with Gasteiger partial charge in [-0.05, 0) is 77.4 Å². The molecule has 6 rings (SSSR count). The summed E-state index contributed by atoms with van der Waals surface area (Å²) in [6.45, 7) is 2.54. The van der Waals surface area contributed by atoms with Gasteiger partial charge in [-0.3, -0.25) is 14.9 Å². The first-order valence-electron chi connectivity index (χ1n) is 14.1. The van der Waals surface area contributed by atoms with Crippen LogP contribution in [0.15, 0.2) is 109 Å². The summed E-state index contributed by atoms with van der Waals surface area (Å²) in [4.78, 5) is 40.6. The molecule has 4 amide bonds. The third-order valence-electron chi connectivity index (χ3n) is 7.32. The molecule has 0 aliphatic carbocycles. The topological polar surface area (TPSA) is 84.9 Å². The molecule has 0 aromatic heterocycles. The lowest BCUT2D eigenvalue weighted by atomic mass is 9.99. The zero-order valence-corrected chi connectivity index (χ0v) is 25.6. The standard InChI is InChI=1S/C36H26Cl2N2O5/c1-22-6-8-23(9-7-22)20-44-27-14-12-26(13-15-27)40-35(42)30(34(41)39-36(40)43)19-29-28-5-3-2-4-25(28)11-17-33(29)45-21-24-10-16-31(37)32(38)18-24/h2-19H,20-21H2,1H3,(H,39,41,43)/b30-19+. The number of hydrogen-bond donors (Lipinski definition) is 1. The summed E-state index contributed by atoms with van der Waals surface area (Å²) in [5.74, 6) is -0.565. The number of barbiturate groups is 1. The maximum absolute atomic E-state index is 13.7. The molecule has 0 bridgehead atoms. The second-order valence-electron chi connectivity index (χ2n) is 10.5. The molecule has 1 saturated heterocycles. The van der Waals surface area contributed by atoms with Crippen molar-refractivity contribution in [1.82, 2.24) is 5.32 Å². The van der Waals surface area contributed by atoms with Crippen molar-refractivity contribution in [3.05, 3.63) is 141 Å². The summed E-state index contributed by atoms with van der Waals surface area (Å²) >= 11 is 12.2. The Morgan fingerprint density at radius 2 is 1.47 bits per heavy atom. The second-order valence-corrected chi connectivity index (χ2v) is 11.3. The molecule has 0 radical (unpaired) electrons. The van der Waals surface area contributed by atoms with Crippen LogP contribution in [0.25, 0.3) is 16.8 Å². The van der Waals surface area contributed by atoms with Gasteiger partial charge in [0.1, 0.15) is 30.3 Å². The van der Waals surface area contributed by atoms with Crippen LogP contribution in [0.4, 0.5) is 10.5 Å². The van der Waals surface area contributed by atoms with Crippen LogP contribution in [0.5, 0.6) is 11.5 Å². The molecule has 1 fully saturated rings. The molecule has 1 N–H and O–H groups in total. The molecule has 224 valence electrons. The van der Waals surface area contributed by atoms with Crippen LogP contribution >= 0.6 is 23.2 Å². The predicted molar refractivity (Wildman–Crippen MR) is 176 cm³/mol. The highest BCUT2D eigenvalue weighted by Crippen LogP contribution is 2.33. The number of nitrogens with one attached hydrogen (secondary N) is 1. The van der Waals surface area contributed by atoms with Crippen LogP contribution in [-0.2, 0) is 22.8 Å². The van der Waals surface area contributed by atoms with Gasteiger partial charge in [-0.25, -0.2) is 9.69 Å². The Balaban J connectivity index is 1.29. The van der Waals surface area contributed by atoms with E-state index < -0.39 is 17.8 Å². The molecule has 1 heterocycles. The van der Waals surface area contributed by atoms with E-state index in [9.17, 15) is 14.4 Å². The number of ether oxygens (including phenoxy) is 2. The lowest BCUT2D eigenvalue weighted by Crippen LogP contribution is -2.54. The predicted octanol–water partition coefficient (Wildman–Crippen LogP) is 8.28. The van der Waals surface area contributed by atoms with Crippen molar-refractivity contribution in [3.63, 3.8) is 0 Å². The van der Waals surface area contributed by atoms with Crippen molar-refractivity contribution in [2.45, 2.75) is 20.1 Å². The summed E-state index contributed by atoms with van der Waals surface area (Å²) in [6, 6.07) is 30.1. The highest BCUT2D eigenvalue weighted by Gasteiger charge is 2.37. The van der Waals surface area contributed by atoms with Crippen molar-refractivity contribution in [1.29, 1.82) is 0 Å². The van der Waals surface area contributed by atoms with Crippen molar-refractivity contribution in [3.8, 4) is 11.5 Å². The molecule has 1 aliphatic rings. The maximum atomic E-state index is 13.7. The van der Waals surface area contributed by atoms with Gasteiger partial charge >= 0.3 is 6.03 Å².